The van der Waals surface area contributed by atoms with E-state index >= 15 is 0 Å². The summed E-state index contributed by atoms with van der Waals surface area (Å²) >= 11 is 6.34. The van der Waals surface area contributed by atoms with Crippen LogP contribution in [0.3, 0.4) is 0 Å². The molecule has 0 fully saturated rings. The average Bonchev–Trinajstić information content (AvgIpc) is 3.01. The Bertz CT molecular complexity index is 920. The highest BCUT2D eigenvalue weighted by molar-refractivity contribution is 6.31. The third-order valence-electron chi connectivity index (χ3n) is 5.96. The molecule has 2 aliphatic heterocycles. The van der Waals surface area contributed by atoms with Crippen LogP contribution in [0.25, 0.3) is 0 Å². The molecule has 30 heavy (non-hydrogen) atoms. The normalized spacial score (nSPS) is 25.7. The lowest BCUT2D eigenvalue weighted by molar-refractivity contribution is -0.123. The zero-order chi connectivity index (χ0) is 21.3. The molecule has 0 bridgehead atoms. The van der Waals surface area contributed by atoms with E-state index < -0.39 is 0 Å². The second-order valence-corrected chi connectivity index (χ2v) is 9.01. The van der Waals surface area contributed by atoms with E-state index in [1.54, 1.807) is 0 Å². The standard InChI is InChI=1S/C24H31ClN4O/c1-4-8-22-27-23-20(26)11-12-21-24(23,28(22)15-17(2)3)13-7-14-29(21)30-16-18-9-5-6-10-19(18)25/h5-7,9-12,14,17,22H,4,8,13,15-16,26H2,1-3H3. The van der Waals surface area contributed by atoms with E-state index in [1.807, 2.05) is 41.6 Å². The Morgan fingerprint density at radius 3 is 2.83 bits per heavy atom. The third-order valence-corrected chi connectivity index (χ3v) is 6.32. The molecule has 6 heteroatoms. The molecule has 0 aromatic heterocycles. The van der Waals surface area contributed by atoms with Crippen molar-refractivity contribution >= 4 is 17.3 Å². The molecule has 2 N–H and O–H groups in total. The molecule has 0 saturated heterocycles. The summed E-state index contributed by atoms with van der Waals surface area (Å²) in [4.78, 5) is 13.9. The summed E-state index contributed by atoms with van der Waals surface area (Å²) < 4.78 is 0. The Balaban J connectivity index is 1.68. The smallest absolute Gasteiger partial charge is 0.113 e. The maximum atomic E-state index is 6.46. The quantitative estimate of drug-likeness (QED) is 0.665. The number of rotatable bonds is 7. The molecular weight excluding hydrogens is 396 g/mol. The molecule has 0 amide bonds. The van der Waals surface area contributed by atoms with Gasteiger partial charge in [0.1, 0.15) is 18.3 Å². The van der Waals surface area contributed by atoms with E-state index in [4.69, 9.17) is 27.2 Å². The maximum Gasteiger partial charge on any atom is 0.113 e. The third kappa shape index (κ3) is 3.59. The van der Waals surface area contributed by atoms with Crippen molar-refractivity contribution in [3.63, 3.8) is 0 Å². The summed E-state index contributed by atoms with van der Waals surface area (Å²) in [5.41, 5.74) is 9.86. The number of benzene rings is 1. The van der Waals surface area contributed by atoms with Gasteiger partial charge in [0.25, 0.3) is 0 Å². The molecule has 1 spiro atoms. The highest BCUT2D eigenvalue weighted by atomic mass is 35.5. The topological polar surface area (TPSA) is 54.1 Å². The number of hydrogen-bond donors (Lipinski definition) is 1. The van der Waals surface area contributed by atoms with Crippen LogP contribution >= 0.6 is 11.6 Å². The summed E-state index contributed by atoms with van der Waals surface area (Å²) in [6, 6.07) is 7.78. The molecule has 0 radical (unpaired) electrons. The maximum absolute atomic E-state index is 6.46. The summed E-state index contributed by atoms with van der Waals surface area (Å²) in [5.74, 6) is 0.519. The number of halogens is 1. The van der Waals surface area contributed by atoms with E-state index in [-0.39, 0.29) is 11.7 Å². The van der Waals surface area contributed by atoms with Crippen molar-refractivity contribution in [3.05, 3.63) is 70.7 Å². The van der Waals surface area contributed by atoms with Crippen molar-refractivity contribution in [2.75, 3.05) is 6.54 Å². The van der Waals surface area contributed by atoms with E-state index in [0.29, 0.717) is 17.5 Å². The lowest BCUT2D eigenvalue weighted by Gasteiger charge is -2.48. The van der Waals surface area contributed by atoms with Crippen molar-refractivity contribution < 1.29 is 4.84 Å². The second kappa shape index (κ2) is 8.58. The first-order chi connectivity index (χ1) is 14.5. The molecule has 1 aliphatic carbocycles. The van der Waals surface area contributed by atoms with Crippen LogP contribution in [0.5, 0.6) is 0 Å². The van der Waals surface area contributed by atoms with Crippen LogP contribution in [-0.2, 0) is 11.4 Å². The highest BCUT2D eigenvalue weighted by Gasteiger charge is 2.55. The fourth-order valence-corrected chi connectivity index (χ4v) is 4.86. The molecule has 5 nitrogen and oxygen atoms in total. The van der Waals surface area contributed by atoms with Crippen LogP contribution in [0.2, 0.25) is 5.02 Å². The minimum Gasteiger partial charge on any atom is -0.397 e. The Hall–Kier alpha value is -2.08. The van der Waals surface area contributed by atoms with Gasteiger partial charge >= 0.3 is 0 Å². The molecule has 2 atom stereocenters. The van der Waals surface area contributed by atoms with Crippen molar-refractivity contribution in [3.8, 4) is 0 Å². The predicted octanol–water partition coefficient (Wildman–Crippen LogP) is 5.01. The van der Waals surface area contributed by atoms with Crippen LogP contribution < -0.4 is 5.73 Å². The van der Waals surface area contributed by atoms with Crippen LogP contribution in [0.15, 0.2) is 65.1 Å². The molecule has 4 rings (SSSR count). The van der Waals surface area contributed by atoms with Crippen LogP contribution in [0.4, 0.5) is 0 Å². The lowest BCUT2D eigenvalue weighted by Crippen LogP contribution is -2.60. The number of nitrogens with zero attached hydrogens (tertiary/aromatic N) is 3. The second-order valence-electron chi connectivity index (χ2n) is 8.61. The van der Waals surface area contributed by atoms with E-state index in [1.165, 1.54) is 0 Å². The van der Waals surface area contributed by atoms with Gasteiger partial charge in [-0.3, -0.25) is 14.7 Å². The van der Waals surface area contributed by atoms with Gasteiger partial charge in [-0.05, 0) is 42.5 Å². The lowest BCUT2D eigenvalue weighted by atomic mass is 9.78. The van der Waals surface area contributed by atoms with Gasteiger partial charge in [0.2, 0.25) is 0 Å². The van der Waals surface area contributed by atoms with Crippen molar-refractivity contribution in [1.82, 2.24) is 9.96 Å². The van der Waals surface area contributed by atoms with Gasteiger partial charge in [-0.25, -0.2) is 5.06 Å². The Morgan fingerprint density at radius 2 is 2.10 bits per heavy atom. The molecule has 2 heterocycles. The zero-order valence-electron chi connectivity index (χ0n) is 18.0. The predicted molar refractivity (Wildman–Crippen MR) is 123 cm³/mol. The average molecular weight is 427 g/mol. The highest BCUT2D eigenvalue weighted by Crippen LogP contribution is 2.46. The van der Waals surface area contributed by atoms with E-state index in [2.05, 4.69) is 37.8 Å². The SMILES string of the molecule is CCCC1N=C2C(N)=CC=C3N(OCc4ccccc4Cl)C=CCC32N1CC(C)C. The Kier molecular flexibility index (Phi) is 6.05. The largest absolute Gasteiger partial charge is 0.397 e. The van der Waals surface area contributed by atoms with Gasteiger partial charge in [-0.2, -0.15) is 0 Å². The molecular formula is C24H31ClN4O. The summed E-state index contributed by atoms with van der Waals surface area (Å²) in [6.45, 7) is 8.07. The minimum absolute atomic E-state index is 0.137. The summed E-state index contributed by atoms with van der Waals surface area (Å²) in [7, 11) is 0. The van der Waals surface area contributed by atoms with Gasteiger partial charge in [0, 0.05) is 17.8 Å². The van der Waals surface area contributed by atoms with Gasteiger partial charge in [-0.1, -0.05) is 63.1 Å². The number of nitrogens with two attached hydrogens (primary N) is 1. The summed E-state index contributed by atoms with van der Waals surface area (Å²) in [6.07, 6.45) is 11.3. The van der Waals surface area contributed by atoms with Gasteiger partial charge < -0.3 is 5.73 Å². The van der Waals surface area contributed by atoms with Gasteiger partial charge in [0.15, 0.2) is 0 Å². The van der Waals surface area contributed by atoms with E-state index in [9.17, 15) is 0 Å². The first kappa shape index (κ1) is 21.2. The van der Waals surface area contributed by atoms with Crippen LogP contribution in [0, 0.1) is 5.92 Å². The first-order valence-electron chi connectivity index (χ1n) is 10.8. The Labute approximate surface area is 184 Å². The van der Waals surface area contributed by atoms with Gasteiger partial charge in [-0.15, -0.1) is 0 Å². The molecule has 2 unspecified atom stereocenters. The molecule has 3 aliphatic rings. The van der Waals surface area contributed by atoms with E-state index in [0.717, 1.165) is 48.5 Å². The fourth-order valence-electron chi connectivity index (χ4n) is 4.67. The molecule has 160 valence electrons. The molecule has 1 aromatic rings. The van der Waals surface area contributed by atoms with Crippen molar-refractivity contribution in [2.45, 2.75) is 58.3 Å². The number of hydrogen-bond acceptors (Lipinski definition) is 5. The van der Waals surface area contributed by atoms with Crippen molar-refractivity contribution in [2.24, 2.45) is 16.6 Å². The molecule has 0 saturated carbocycles. The first-order valence-corrected chi connectivity index (χ1v) is 11.2. The van der Waals surface area contributed by atoms with Crippen molar-refractivity contribution in [1.29, 1.82) is 0 Å². The number of hydroxylamine groups is 2. The zero-order valence-corrected chi connectivity index (χ0v) is 18.8. The minimum atomic E-state index is -0.377. The van der Waals surface area contributed by atoms with Crippen LogP contribution in [-0.4, -0.2) is 33.9 Å². The Morgan fingerprint density at radius 1 is 1.30 bits per heavy atom. The number of allylic oxidation sites excluding steroid dienone is 2. The fraction of sp³-hybridized carbons (Fsp3) is 0.458. The monoisotopic (exact) mass is 426 g/mol. The molecule has 1 aromatic carbocycles. The number of aliphatic imine (C=N–C) groups is 1. The van der Waals surface area contributed by atoms with Gasteiger partial charge in [0.05, 0.1) is 17.1 Å². The van der Waals surface area contributed by atoms with Crippen LogP contribution in [0.1, 0.15) is 45.6 Å². The summed E-state index contributed by atoms with van der Waals surface area (Å²) in [5, 5.41) is 2.59.